The van der Waals surface area contributed by atoms with Gasteiger partial charge in [-0.05, 0) is 11.1 Å². The predicted octanol–water partition coefficient (Wildman–Crippen LogP) is 3.23. The number of halogens is 3. The molecule has 2 aromatic rings. The van der Waals surface area contributed by atoms with Crippen LogP contribution >= 0.6 is 0 Å². The molecule has 1 nitrogen and oxygen atoms in total. The first kappa shape index (κ1) is 11.7. The molecule has 4 heteroatoms. The van der Waals surface area contributed by atoms with Crippen LogP contribution in [-0.2, 0) is 6.54 Å². The highest BCUT2D eigenvalue weighted by atomic mass is 19.1. The van der Waals surface area contributed by atoms with Crippen LogP contribution in [0.1, 0.15) is 5.56 Å². The van der Waals surface area contributed by atoms with Gasteiger partial charge in [0, 0.05) is 18.7 Å². The first-order valence-electron chi connectivity index (χ1n) is 5.06. The van der Waals surface area contributed by atoms with Crippen molar-refractivity contribution in [3.63, 3.8) is 0 Å². The van der Waals surface area contributed by atoms with Crippen molar-refractivity contribution in [1.82, 2.24) is 0 Å². The van der Waals surface area contributed by atoms with Crippen molar-refractivity contribution in [3.05, 3.63) is 59.4 Å². The summed E-state index contributed by atoms with van der Waals surface area (Å²) in [6.45, 7) is 0.159. The van der Waals surface area contributed by atoms with Crippen molar-refractivity contribution in [1.29, 1.82) is 0 Å². The van der Waals surface area contributed by atoms with Gasteiger partial charge in [-0.25, -0.2) is 13.2 Å². The fourth-order valence-corrected chi connectivity index (χ4v) is 1.74. The van der Waals surface area contributed by atoms with Crippen molar-refractivity contribution in [2.24, 2.45) is 5.73 Å². The number of rotatable bonds is 2. The van der Waals surface area contributed by atoms with E-state index in [0.29, 0.717) is 23.3 Å². The Kier molecular flexibility index (Phi) is 3.15. The van der Waals surface area contributed by atoms with E-state index in [4.69, 9.17) is 5.73 Å². The predicted molar refractivity (Wildman–Crippen MR) is 59.6 cm³/mol. The molecule has 0 unspecified atom stereocenters. The maximum absolute atomic E-state index is 13.6. The minimum absolute atomic E-state index is 0.159. The second-order valence-corrected chi connectivity index (χ2v) is 3.61. The Balaban J connectivity index is 2.68. The molecular formula is C13H10F3N. The molecule has 0 aromatic heterocycles. The van der Waals surface area contributed by atoms with Crippen molar-refractivity contribution < 1.29 is 13.2 Å². The Morgan fingerprint density at radius 2 is 1.53 bits per heavy atom. The second-order valence-electron chi connectivity index (χ2n) is 3.61. The number of benzene rings is 2. The Bertz CT molecular complexity index is 529. The van der Waals surface area contributed by atoms with Gasteiger partial charge in [0.25, 0.3) is 0 Å². The summed E-state index contributed by atoms with van der Waals surface area (Å²) in [6, 6.07) is 7.93. The fraction of sp³-hybridized carbons (Fsp3) is 0.0769. The average molecular weight is 237 g/mol. The third-order valence-corrected chi connectivity index (χ3v) is 2.51. The lowest BCUT2D eigenvalue weighted by Gasteiger charge is -2.10. The Hall–Kier alpha value is -1.81. The van der Waals surface area contributed by atoms with Gasteiger partial charge in [0.1, 0.15) is 17.5 Å². The fourth-order valence-electron chi connectivity index (χ4n) is 1.74. The van der Waals surface area contributed by atoms with Crippen LogP contribution in [0.15, 0.2) is 36.4 Å². The third kappa shape index (κ3) is 2.17. The van der Waals surface area contributed by atoms with E-state index in [2.05, 4.69) is 0 Å². The van der Waals surface area contributed by atoms with Gasteiger partial charge in [-0.1, -0.05) is 24.3 Å². The van der Waals surface area contributed by atoms with Gasteiger partial charge in [-0.3, -0.25) is 0 Å². The van der Waals surface area contributed by atoms with Gasteiger partial charge in [0.2, 0.25) is 0 Å². The van der Waals surface area contributed by atoms with Crippen molar-refractivity contribution in [2.45, 2.75) is 6.54 Å². The number of hydrogen-bond acceptors (Lipinski definition) is 1. The summed E-state index contributed by atoms with van der Waals surface area (Å²) in [5.74, 6) is -2.79. The molecule has 0 amide bonds. The van der Waals surface area contributed by atoms with Crippen LogP contribution in [0.25, 0.3) is 11.1 Å². The molecule has 0 atom stereocenters. The molecule has 2 rings (SSSR count). The van der Waals surface area contributed by atoms with Crippen LogP contribution in [0.2, 0.25) is 0 Å². The molecule has 88 valence electrons. The molecule has 2 aromatic carbocycles. The zero-order valence-corrected chi connectivity index (χ0v) is 8.88. The summed E-state index contributed by atoms with van der Waals surface area (Å²) in [7, 11) is 0. The molecule has 0 heterocycles. The number of hydrogen-bond donors (Lipinski definition) is 1. The van der Waals surface area contributed by atoms with Gasteiger partial charge in [-0.15, -0.1) is 0 Å². The van der Waals surface area contributed by atoms with Crippen LogP contribution < -0.4 is 5.73 Å². The summed E-state index contributed by atoms with van der Waals surface area (Å²) < 4.78 is 40.0. The van der Waals surface area contributed by atoms with E-state index in [9.17, 15) is 13.2 Å². The number of nitrogens with two attached hydrogens (primary N) is 1. The standard InChI is InChI=1S/C13H10F3N/c14-9-5-11(15)13(12(16)6-9)10-4-2-1-3-8(10)7-17/h1-6H,7,17H2. The topological polar surface area (TPSA) is 26.0 Å². The molecule has 2 N–H and O–H groups in total. The van der Waals surface area contributed by atoms with E-state index in [1.165, 1.54) is 0 Å². The van der Waals surface area contributed by atoms with Gasteiger partial charge < -0.3 is 5.73 Å². The lowest BCUT2D eigenvalue weighted by atomic mass is 9.98. The van der Waals surface area contributed by atoms with Crippen LogP contribution in [0.3, 0.4) is 0 Å². The quantitative estimate of drug-likeness (QED) is 0.852. The zero-order valence-electron chi connectivity index (χ0n) is 8.88. The lowest BCUT2D eigenvalue weighted by molar-refractivity contribution is 0.548. The third-order valence-electron chi connectivity index (χ3n) is 2.51. The molecule has 0 radical (unpaired) electrons. The smallest absolute Gasteiger partial charge is 0.136 e. The van der Waals surface area contributed by atoms with Gasteiger partial charge >= 0.3 is 0 Å². The summed E-state index contributed by atoms with van der Waals surface area (Å²) >= 11 is 0. The van der Waals surface area contributed by atoms with Crippen LogP contribution in [0.4, 0.5) is 13.2 Å². The normalized spacial score (nSPS) is 10.6. The van der Waals surface area contributed by atoms with E-state index in [-0.39, 0.29) is 12.1 Å². The highest BCUT2D eigenvalue weighted by Gasteiger charge is 2.15. The van der Waals surface area contributed by atoms with E-state index in [0.717, 1.165) is 0 Å². The maximum atomic E-state index is 13.6. The molecule has 0 aliphatic heterocycles. The van der Waals surface area contributed by atoms with Crippen molar-refractivity contribution in [2.75, 3.05) is 0 Å². The zero-order chi connectivity index (χ0) is 12.4. The first-order chi connectivity index (χ1) is 8.13. The summed E-state index contributed by atoms with van der Waals surface area (Å²) in [5.41, 5.74) is 6.22. The molecule has 0 aliphatic rings. The summed E-state index contributed by atoms with van der Waals surface area (Å²) in [5, 5.41) is 0. The largest absolute Gasteiger partial charge is 0.326 e. The summed E-state index contributed by atoms with van der Waals surface area (Å²) in [6.07, 6.45) is 0. The molecule has 0 saturated heterocycles. The minimum atomic E-state index is -0.936. The van der Waals surface area contributed by atoms with Crippen LogP contribution in [-0.4, -0.2) is 0 Å². The van der Waals surface area contributed by atoms with Gasteiger partial charge in [0.15, 0.2) is 0 Å². The van der Waals surface area contributed by atoms with Gasteiger partial charge in [0.05, 0.1) is 5.56 Å². The van der Waals surface area contributed by atoms with Gasteiger partial charge in [-0.2, -0.15) is 0 Å². The Labute approximate surface area is 96.7 Å². The highest BCUT2D eigenvalue weighted by Crippen LogP contribution is 2.29. The lowest BCUT2D eigenvalue weighted by Crippen LogP contribution is -2.01. The molecular weight excluding hydrogens is 227 g/mol. The molecule has 0 saturated carbocycles. The molecule has 0 spiro atoms. The monoisotopic (exact) mass is 237 g/mol. The molecule has 0 fully saturated rings. The minimum Gasteiger partial charge on any atom is -0.326 e. The van der Waals surface area contributed by atoms with E-state index in [1.54, 1.807) is 24.3 Å². The molecule has 0 aliphatic carbocycles. The highest BCUT2D eigenvalue weighted by molar-refractivity contribution is 5.68. The van der Waals surface area contributed by atoms with E-state index in [1.807, 2.05) is 0 Å². The van der Waals surface area contributed by atoms with E-state index >= 15 is 0 Å². The average Bonchev–Trinajstić information content (AvgIpc) is 2.28. The van der Waals surface area contributed by atoms with Crippen molar-refractivity contribution in [3.8, 4) is 11.1 Å². The van der Waals surface area contributed by atoms with Crippen LogP contribution in [0, 0.1) is 17.5 Å². The van der Waals surface area contributed by atoms with Crippen molar-refractivity contribution >= 4 is 0 Å². The molecule has 0 bridgehead atoms. The second kappa shape index (κ2) is 4.59. The summed E-state index contributed by atoms with van der Waals surface area (Å²) in [4.78, 5) is 0. The Morgan fingerprint density at radius 1 is 0.941 bits per heavy atom. The molecule has 17 heavy (non-hydrogen) atoms. The van der Waals surface area contributed by atoms with Crippen LogP contribution in [0.5, 0.6) is 0 Å². The SMILES string of the molecule is NCc1ccccc1-c1c(F)cc(F)cc1F. The maximum Gasteiger partial charge on any atom is 0.136 e. The first-order valence-corrected chi connectivity index (χ1v) is 5.06. The van der Waals surface area contributed by atoms with E-state index < -0.39 is 17.5 Å². The Morgan fingerprint density at radius 3 is 2.12 bits per heavy atom.